The van der Waals surface area contributed by atoms with Gasteiger partial charge in [-0.15, -0.1) is 0 Å². The number of methoxy groups -OCH3 is 1. The lowest BCUT2D eigenvalue weighted by Crippen LogP contribution is -2.49. The van der Waals surface area contributed by atoms with Gasteiger partial charge >= 0.3 is 0 Å². The lowest BCUT2D eigenvalue weighted by molar-refractivity contribution is -0.142. The molecule has 2 amide bonds. The molecule has 0 spiro atoms. The highest BCUT2D eigenvalue weighted by atomic mass is 79.9. The summed E-state index contributed by atoms with van der Waals surface area (Å²) in [6.45, 7) is 4.38. The van der Waals surface area contributed by atoms with E-state index >= 15 is 0 Å². The van der Waals surface area contributed by atoms with Gasteiger partial charge in [0, 0.05) is 17.6 Å². The lowest BCUT2D eigenvalue weighted by Gasteiger charge is -2.29. The Balaban J connectivity index is 2.16. The number of nitrogens with zero attached hydrogens (tertiary/aromatic N) is 1. The van der Waals surface area contributed by atoms with Gasteiger partial charge in [-0.25, -0.2) is 0 Å². The van der Waals surface area contributed by atoms with Crippen LogP contribution in [0.25, 0.3) is 0 Å². The molecular weight excluding hydrogens is 436 g/mol. The molecule has 0 saturated heterocycles. The number of nitrogens with one attached hydrogen (secondary N) is 1. The van der Waals surface area contributed by atoms with Crippen LogP contribution >= 0.6 is 15.9 Å². The highest BCUT2D eigenvalue weighted by Crippen LogP contribution is 2.26. The number of rotatable bonds is 10. The fraction of sp³-hybridized carbons (Fsp3) is 0.364. The van der Waals surface area contributed by atoms with Gasteiger partial charge in [0.05, 0.1) is 7.11 Å². The van der Waals surface area contributed by atoms with Crippen LogP contribution in [0.2, 0.25) is 0 Å². The van der Waals surface area contributed by atoms with Crippen molar-refractivity contribution in [1.29, 1.82) is 0 Å². The molecule has 2 aromatic carbocycles. The van der Waals surface area contributed by atoms with Crippen molar-refractivity contribution in [3.05, 3.63) is 58.6 Å². The molecule has 0 aliphatic carbocycles. The second-order valence-corrected chi connectivity index (χ2v) is 7.47. The molecule has 1 N–H and O–H groups in total. The fourth-order valence-corrected chi connectivity index (χ4v) is 3.22. The summed E-state index contributed by atoms with van der Waals surface area (Å²) in [5, 5.41) is 2.85. The van der Waals surface area contributed by atoms with Gasteiger partial charge in [0.15, 0.2) is 18.1 Å². The highest BCUT2D eigenvalue weighted by molar-refractivity contribution is 9.10. The molecule has 2 rings (SSSR count). The van der Waals surface area contributed by atoms with Crippen molar-refractivity contribution < 1.29 is 19.1 Å². The number of amides is 2. The van der Waals surface area contributed by atoms with Gasteiger partial charge in [0.2, 0.25) is 5.91 Å². The summed E-state index contributed by atoms with van der Waals surface area (Å²) in [6.07, 6.45) is 0.828. The molecule has 0 fully saturated rings. The van der Waals surface area contributed by atoms with E-state index in [1.54, 1.807) is 26.2 Å². The van der Waals surface area contributed by atoms with Crippen molar-refractivity contribution in [1.82, 2.24) is 10.2 Å². The van der Waals surface area contributed by atoms with E-state index in [-0.39, 0.29) is 18.4 Å². The highest BCUT2D eigenvalue weighted by Gasteiger charge is 2.26. The van der Waals surface area contributed by atoms with Crippen molar-refractivity contribution >= 4 is 27.7 Å². The van der Waals surface area contributed by atoms with Crippen molar-refractivity contribution in [2.24, 2.45) is 0 Å². The summed E-state index contributed by atoms with van der Waals surface area (Å²) in [5.41, 5.74) is 0.917. The summed E-state index contributed by atoms with van der Waals surface area (Å²) in [5.74, 6) is 0.559. The second kappa shape index (κ2) is 11.5. The Kier molecular flexibility index (Phi) is 8.99. The minimum Gasteiger partial charge on any atom is -0.493 e. The van der Waals surface area contributed by atoms with E-state index in [0.717, 1.165) is 16.5 Å². The molecule has 0 saturated carbocycles. The summed E-state index contributed by atoms with van der Waals surface area (Å²) < 4.78 is 11.9. The fourth-order valence-electron chi connectivity index (χ4n) is 2.77. The van der Waals surface area contributed by atoms with Crippen LogP contribution in [0.1, 0.15) is 25.8 Å². The summed E-state index contributed by atoms with van der Waals surface area (Å²) in [4.78, 5) is 27.0. The normalized spacial score (nSPS) is 11.4. The zero-order valence-electron chi connectivity index (χ0n) is 17.0. The first kappa shape index (κ1) is 22.7. The first-order valence-electron chi connectivity index (χ1n) is 9.53. The third-order valence-electron chi connectivity index (χ3n) is 4.38. The first-order chi connectivity index (χ1) is 14.0. The molecule has 0 radical (unpaired) electrons. The first-order valence-corrected chi connectivity index (χ1v) is 10.3. The maximum absolute atomic E-state index is 13.0. The molecule has 0 bridgehead atoms. The van der Waals surface area contributed by atoms with Crippen molar-refractivity contribution in [3.8, 4) is 11.5 Å². The Labute approximate surface area is 180 Å². The largest absolute Gasteiger partial charge is 0.493 e. The predicted octanol–water partition coefficient (Wildman–Crippen LogP) is 3.78. The Morgan fingerprint density at radius 1 is 1.14 bits per heavy atom. The summed E-state index contributed by atoms with van der Waals surface area (Å²) >= 11 is 3.45. The second-order valence-electron chi connectivity index (χ2n) is 6.56. The molecule has 2 aromatic rings. The number of halogens is 1. The Morgan fingerprint density at radius 3 is 2.52 bits per heavy atom. The van der Waals surface area contributed by atoms with Crippen molar-refractivity contribution in [2.45, 2.75) is 32.9 Å². The van der Waals surface area contributed by atoms with E-state index in [1.807, 2.05) is 43.3 Å². The predicted molar refractivity (Wildman–Crippen MR) is 116 cm³/mol. The third-order valence-corrected chi connectivity index (χ3v) is 4.87. The van der Waals surface area contributed by atoms with Gasteiger partial charge in [0.25, 0.3) is 5.91 Å². The molecule has 0 aromatic heterocycles. The number of carbonyl (C=O) groups is 2. The quantitative estimate of drug-likeness (QED) is 0.583. The van der Waals surface area contributed by atoms with Gasteiger partial charge in [0.1, 0.15) is 6.04 Å². The zero-order chi connectivity index (χ0) is 21.2. The smallest absolute Gasteiger partial charge is 0.261 e. The number of benzene rings is 2. The van der Waals surface area contributed by atoms with Crippen LogP contribution in [0, 0.1) is 0 Å². The van der Waals surface area contributed by atoms with Crippen molar-refractivity contribution in [2.75, 3.05) is 20.3 Å². The SMILES string of the molecule is CCCNC(=O)[C@@H](C)N(Cc1cccc(Br)c1)C(=O)COc1ccccc1OC. The van der Waals surface area contributed by atoms with E-state index in [9.17, 15) is 9.59 Å². The van der Waals surface area contributed by atoms with Crippen LogP contribution in [-0.2, 0) is 16.1 Å². The molecule has 7 heteroatoms. The Hall–Kier alpha value is -2.54. The lowest BCUT2D eigenvalue weighted by atomic mass is 10.1. The van der Waals surface area contributed by atoms with E-state index < -0.39 is 6.04 Å². The molecule has 1 atom stereocenters. The Bertz CT molecular complexity index is 828. The molecule has 6 nitrogen and oxygen atoms in total. The molecule has 0 aliphatic rings. The van der Waals surface area contributed by atoms with Crippen LogP contribution in [0.3, 0.4) is 0 Å². The maximum Gasteiger partial charge on any atom is 0.261 e. The topological polar surface area (TPSA) is 67.9 Å². The molecule has 0 heterocycles. The van der Waals surface area contributed by atoms with Gasteiger partial charge < -0.3 is 19.7 Å². The minimum atomic E-state index is -0.630. The van der Waals surface area contributed by atoms with E-state index in [4.69, 9.17) is 9.47 Å². The van der Waals surface area contributed by atoms with E-state index in [0.29, 0.717) is 24.6 Å². The summed E-state index contributed by atoms with van der Waals surface area (Å²) in [6, 6.07) is 14.2. The van der Waals surface area contributed by atoms with Crippen LogP contribution in [0.15, 0.2) is 53.0 Å². The summed E-state index contributed by atoms with van der Waals surface area (Å²) in [7, 11) is 1.55. The molecular formula is C22H27BrN2O4. The third kappa shape index (κ3) is 6.78. The standard InChI is InChI=1S/C22H27BrN2O4/c1-4-12-24-22(27)16(2)25(14-17-8-7-9-18(23)13-17)21(26)15-29-20-11-6-5-10-19(20)28-3/h5-11,13,16H,4,12,14-15H2,1-3H3,(H,24,27)/t16-/m1/s1. The van der Waals surface area contributed by atoms with E-state index in [2.05, 4.69) is 21.2 Å². The van der Waals surface area contributed by atoms with Crippen LogP contribution in [-0.4, -0.2) is 43.0 Å². The van der Waals surface area contributed by atoms with Gasteiger partial charge in [-0.05, 0) is 43.2 Å². The zero-order valence-corrected chi connectivity index (χ0v) is 18.6. The number of ether oxygens (including phenoxy) is 2. The van der Waals surface area contributed by atoms with Crippen LogP contribution in [0.5, 0.6) is 11.5 Å². The van der Waals surface area contributed by atoms with Crippen LogP contribution < -0.4 is 14.8 Å². The number of hydrogen-bond acceptors (Lipinski definition) is 4. The maximum atomic E-state index is 13.0. The van der Waals surface area contributed by atoms with E-state index in [1.165, 1.54) is 4.90 Å². The molecule has 0 unspecified atom stereocenters. The molecule has 156 valence electrons. The Morgan fingerprint density at radius 2 is 1.86 bits per heavy atom. The van der Waals surface area contributed by atoms with Gasteiger partial charge in [-0.3, -0.25) is 9.59 Å². The van der Waals surface area contributed by atoms with Gasteiger partial charge in [-0.1, -0.05) is 47.1 Å². The number of hydrogen-bond donors (Lipinski definition) is 1. The molecule has 0 aliphatic heterocycles. The number of para-hydroxylation sites is 2. The van der Waals surface area contributed by atoms with Crippen molar-refractivity contribution in [3.63, 3.8) is 0 Å². The van der Waals surface area contributed by atoms with Crippen LogP contribution in [0.4, 0.5) is 0 Å². The monoisotopic (exact) mass is 462 g/mol. The number of carbonyl (C=O) groups excluding carboxylic acids is 2. The molecule has 29 heavy (non-hydrogen) atoms. The van der Waals surface area contributed by atoms with Gasteiger partial charge in [-0.2, -0.15) is 0 Å². The average molecular weight is 463 g/mol. The average Bonchev–Trinajstić information content (AvgIpc) is 2.73. The minimum absolute atomic E-state index is 0.188.